The third kappa shape index (κ3) is 9.24. The molecule has 1 amide bonds. The molecule has 1 aromatic heterocycles. The summed E-state index contributed by atoms with van der Waals surface area (Å²) in [6.07, 6.45) is 9.80. The summed E-state index contributed by atoms with van der Waals surface area (Å²) in [5.41, 5.74) is 3.31. The van der Waals surface area contributed by atoms with E-state index in [9.17, 15) is 4.79 Å². The Labute approximate surface area is 199 Å². The molecule has 3 rings (SSSR count). The standard InChI is InChI=1S/C27H41N5O/c1-21(26-11-6-7-17-30-26)32-22(2)27(33)31-20-24-14-12-23(13-15-24)19-28-16-8-18-29-25-9-4-3-5-10-25/h6-7,11-15,17,21-22,25,28-29,32H,3-5,8-10,16,18-20H2,1-2H3,(H,31,33)/t21?,22-/m0/s1. The van der Waals surface area contributed by atoms with Crippen molar-refractivity contribution in [2.45, 2.75) is 83.6 Å². The van der Waals surface area contributed by atoms with E-state index in [1.54, 1.807) is 6.20 Å². The molecule has 0 aliphatic heterocycles. The highest BCUT2D eigenvalue weighted by molar-refractivity contribution is 5.81. The fraction of sp³-hybridized carbons (Fsp3) is 0.556. The topological polar surface area (TPSA) is 78.1 Å². The van der Waals surface area contributed by atoms with Crippen LogP contribution in [0.5, 0.6) is 0 Å². The molecule has 1 heterocycles. The number of amides is 1. The molecule has 180 valence electrons. The Hall–Kier alpha value is -2.28. The maximum absolute atomic E-state index is 12.5. The third-order valence-electron chi connectivity index (χ3n) is 6.41. The molecule has 0 spiro atoms. The van der Waals surface area contributed by atoms with Gasteiger partial charge in [-0.05, 0) is 69.5 Å². The zero-order chi connectivity index (χ0) is 23.3. The second-order valence-electron chi connectivity index (χ2n) is 9.22. The van der Waals surface area contributed by atoms with Gasteiger partial charge in [0.1, 0.15) is 0 Å². The SMILES string of the molecule is CC(N[C@@H](C)C(=O)NCc1ccc(CNCCCNC2CCCCC2)cc1)c1ccccn1. The van der Waals surface area contributed by atoms with Crippen LogP contribution in [0.3, 0.4) is 0 Å². The van der Waals surface area contributed by atoms with Crippen LogP contribution in [0.25, 0.3) is 0 Å². The van der Waals surface area contributed by atoms with Gasteiger partial charge in [-0.25, -0.2) is 0 Å². The molecule has 2 atom stereocenters. The first-order valence-corrected chi connectivity index (χ1v) is 12.6. The van der Waals surface area contributed by atoms with E-state index in [4.69, 9.17) is 0 Å². The van der Waals surface area contributed by atoms with Crippen LogP contribution in [-0.2, 0) is 17.9 Å². The van der Waals surface area contributed by atoms with E-state index < -0.39 is 0 Å². The van der Waals surface area contributed by atoms with Gasteiger partial charge >= 0.3 is 0 Å². The van der Waals surface area contributed by atoms with E-state index in [0.717, 1.165) is 43.4 Å². The molecule has 1 aromatic carbocycles. The van der Waals surface area contributed by atoms with Gasteiger partial charge in [0.25, 0.3) is 0 Å². The predicted octanol–water partition coefficient (Wildman–Crippen LogP) is 3.84. The average Bonchev–Trinajstić information content (AvgIpc) is 2.86. The number of hydrogen-bond donors (Lipinski definition) is 4. The monoisotopic (exact) mass is 451 g/mol. The Kier molecular flexibility index (Phi) is 10.8. The van der Waals surface area contributed by atoms with E-state index >= 15 is 0 Å². The second kappa shape index (κ2) is 14.1. The molecular formula is C27H41N5O. The molecule has 0 radical (unpaired) electrons. The molecule has 1 fully saturated rings. The first-order chi connectivity index (χ1) is 16.1. The van der Waals surface area contributed by atoms with E-state index in [1.807, 2.05) is 32.0 Å². The number of nitrogens with one attached hydrogen (secondary N) is 4. The van der Waals surface area contributed by atoms with Crippen molar-refractivity contribution < 1.29 is 4.79 Å². The number of carbonyl (C=O) groups excluding carboxylic acids is 1. The maximum Gasteiger partial charge on any atom is 0.237 e. The summed E-state index contributed by atoms with van der Waals surface area (Å²) in [6.45, 7) is 7.44. The van der Waals surface area contributed by atoms with Gasteiger partial charge in [-0.1, -0.05) is 49.6 Å². The van der Waals surface area contributed by atoms with Crippen LogP contribution >= 0.6 is 0 Å². The summed E-state index contributed by atoms with van der Waals surface area (Å²) >= 11 is 0. The van der Waals surface area contributed by atoms with Crippen molar-refractivity contribution in [2.24, 2.45) is 0 Å². The largest absolute Gasteiger partial charge is 0.351 e. The van der Waals surface area contributed by atoms with Crippen LogP contribution < -0.4 is 21.3 Å². The molecule has 0 bridgehead atoms. The lowest BCUT2D eigenvalue weighted by atomic mass is 9.95. The summed E-state index contributed by atoms with van der Waals surface area (Å²) in [4.78, 5) is 16.8. The molecule has 33 heavy (non-hydrogen) atoms. The van der Waals surface area contributed by atoms with Gasteiger partial charge < -0.3 is 16.0 Å². The number of pyridine rings is 1. The minimum atomic E-state index is -0.293. The number of rotatable bonds is 13. The maximum atomic E-state index is 12.5. The van der Waals surface area contributed by atoms with Crippen molar-refractivity contribution in [3.05, 3.63) is 65.5 Å². The van der Waals surface area contributed by atoms with Crippen molar-refractivity contribution in [3.8, 4) is 0 Å². The van der Waals surface area contributed by atoms with Crippen LogP contribution in [0.15, 0.2) is 48.7 Å². The predicted molar refractivity (Wildman–Crippen MR) is 135 cm³/mol. The molecule has 2 aromatic rings. The van der Waals surface area contributed by atoms with Crippen molar-refractivity contribution in [3.63, 3.8) is 0 Å². The summed E-state index contributed by atoms with van der Waals surface area (Å²) in [6, 6.07) is 14.7. The zero-order valence-corrected chi connectivity index (χ0v) is 20.3. The fourth-order valence-electron chi connectivity index (χ4n) is 4.34. The first kappa shape index (κ1) is 25.3. The number of hydrogen-bond acceptors (Lipinski definition) is 5. The van der Waals surface area contributed by atoms with E-state index in [2.05, 4.69) is 50.5 Å². The average molecular weight is 452 g/mol. The molecular weight excluding hydrogens is 410 g/mol. The van der Waals surface area contributed by atoms with Gasteiger partial charge in [0.2, 0.25) is 5.91 Å². The highest BCUT2D eigenvalue weighted by Crippen LogP contribution is 2.17. The highest BCUT2D eigenvalue weighted by atomic mass is 16.2. The summed E-state index contributed by atoms with van der Waals surface area (Å²) in [5.74, 6) is -0.00893. The lowest BCUT2D eigenvalue weighted by molar-refractivity contribution is -0.123. The van der Waals surface area contributed by atoms with Gasteiger partial charge in [-0.15, -0.1) is 0 Å². The van der Waals surface area contributed by atoms with Crippen molar-refractivity contribution in [1.82, 2.24) is 26.3 Å². The summed E-state index contributed by atoms with van der Waals surface area (Å²) < 4.78 is 0. The summed E-state index contributed by atoms with van der Waals surface area (Å²) in [7, 11) is 0. The molecule has 1 saturated carbocycles. The van der Waals surface area contributed by atoms with E-state index in [0.29, 0.717) is 6.54 Å². The van der Waals surface area contributed by atoms with Crippen molar-refractivity contribution in [1.29, 1.82) is 0 Å². The van der Waals surface area contributed by atoms with Crippen LogP contribution in [0.1, 0.15) is 75.2 Å². The van der Waals surface area contributed by atoms with Gasteiger partial charge in [0.05, 0.1) is 11.7 Å². The third-order valence-corrected chi connectivity index (χ3v) is 6.41. The lowest BCUT2D eigenvalue weighted by Crippen LogP contribution is -2.43. The van der Waals surface area contributed by atoms with Crippen molar-refractivity contribution >= 4 is 5.91 Å². The van der Waals surface area contributed by atoms with Gasteiger partial charge in [-0.3, -0.25) is 15.1 Å². The molecule has 6 nitrogen and oxygen atoms in total. The minimum Gasteiger partial charge on any atom is -0.351 e. The van der Waals surface area contributed by atoms with Gasteiger partial charge in [0, 0.05) is 31.4 Å². The Bertz CT molecular complexity index is 805. The van der Waals surface area contributed by atoms with Crippen LogP contribution in [0.4, 0.5) is 0 Å². The van der Waals surface area contributed by atoms with Crippen LogP contribution in [-0.4, -0.2) is 36.1 Å². The molecule has 1 aliphatic rings. The normalized spacial score (nSPS) is 16.3. The number of aromatic nitrogens is 1. The Morgan fingerprint density at radius 1 is 0.970 bits per heavy atom. The zero-order valence-electron chi connectivity index (χ0n) is 20.3. The number of benzene rings is 1. The number of nitrogens with zero attached hydrogens (tertiary/aromatic N) is 1. The molecule has 4 N–H and O–H groups in total. The molecule has 0 saturated heterocycles. The van der Waals surface area contributed by atoms with E-state index in [1.165, 1.54) is 37.7 Å². The Morgan fingerprint density at radius 3 is 2.39 bits per heavy atom. The highest BCUT2D eigenvalue weighted by Gasteiger charge is 2.16. The minimum absolute atomic E-state index is 0.00893. The second-order valence-corrected chi connectivity index (χ2v) is 9.22. The van der Waals surface area contributed by atoms with Crippen LogP contribution in [0.2, 0.25) is 0 Å². The molecule has 1 unspecified atom stereocenters. The quantitative estimate of drug-likeness (QED) is 0.348. The Morgan fingerprint density at radius 2 is 1.70 bits per heavy atom. The summed E-state index contributed by atoms with van der Waals surface area (Å²) in [5, 5.41) is 13.6. The van der Waals surface area contributed by atoms with Gasteiger partial charge in [-0.2, -0.15) is 0 Å². The molecule has 6 heteroatoms. The number of carbonyl (C=O) groups is 1. The lowest BCUT2D eigenvalue weighted by Gasteiger charge is -2.22. The van der Waals surface area contributed by atoms with Crippen LogP contribution in [0, 0.1) is 0 Å². The smallest absolute Gasteiger partial charge is 0.237 e. The Balaban J connectivity index is 1.28. The van der Waals surface area contributed by atoms with E-state index in [-0.39, 0.29) is 18.0 Å². The fourth-order valence-corrected chi connectivity index (χ4v) is 4.34. The van der Waals surface area contributed by atoms with Gasteiger partial charge in [0.15, 0.2) is 0 Å². The van der Waals surface area contributed by atoms with Crippen molar-refractivity contribution in [2.75, 3.05) is 13.1 Å². The molecule has 1 aliphatic carbocycles. The first-order valence-electron chi connectivity index (χ1n) is 12.6.